The first kappa shape index (κ1) is 21.9. The fraction of sp³-hybridized carbons (Fsp3) is 0.143. The van der Waals surface area contributed by atoms with Gasteiger partial charge in [-0.1, -0.05) is 0 Å². The SMILES string of the molecule is COC(=O)c1ccc2c(c1)nc(C(F)(F)F)n2-c1cnc(NC(=O)c2ccncc2C)cn1. The number of imidazole rings is 1. The van der Waals surface area contributed by atoms with Crippen LogP contribution in [0.15, 0.2) is 49.1 Å². The monoisotopic (exact) mass is 456 g/mol. The van der Waals surface area contributed by atoms with Crippen molar-refractivity contribution in [3.63, 3.8) is 0 Å². The first-order valence-corrected chi connectivity index (χ1v) is 9.41. The number of nitrogens with one attached hydrogen (secondary N) is 1. The summed E-state index contributed by atoms with van der Waals surface area (Å²) in [4.78, 5) is 39.7. The quantitative estimate of drug-likeness (QED) is 0.467. The van der Waals surface area contributed by atoms with Gasteiger partial charge in [-0.3, -0.25) is 14.3 Å². The predicted octanol–water partition coefficient (Wildman–Crippen LogP) is 3.58. The lowest BCUT2D eigenvalue weighted by atomic mass is 10.1. The van der Waals surface area contributed by atoms with Gasteiger partial charge in [0.05, 0.1) is 36.1 Å². The second-order valence-electron chi connectivity index (χ2n) is 6.87. The molecule has 0 aliphatic heterocycles. The van der Waals surface area contributed by atoms with Crippen LogP contribution < -0.4 is 5.32 Å². The highest BCUT2D eigenvalue weighted by atomic mass is 19.4. The van der Waals surface area contributed by atoms with Crippen molar-refractivity contribution < 1.29 is 27.5 Å². The molecule has 1 N–H and O–H groups in total. The van der Waals surface area contributed by atoms with Crippen molar-refractivity contribution in [1.82, 2.24) is 24.5 Å². The zero-order valence-corrected chi connectivity index (χ0v) is 17.2. The molecule has 0 saturated carbocycles. The van der Waals surface area contributed by atoms with Crippen LogP contribution in [-0.2, 0) is 10.9 Å². The number of nitrogens with zero attached hydrogens (tertiary/aromatic N) is 5. The molecular formula is C21H15F3N6O3. The number of ether oxygens (including phenoxy) is 1. The predicted molar refractivity (Wildman–Crippen MR) is 110 cm³/mol. The summed E-state index contributed by atoms with van der Waals surface area (Å²) in [5.74, 6) is -2.53. The fourth-order valence-electron chi connectivity index (χ4n) is 3.16. The van der Waals surface area contributed by atoms with Crippen molar-refractivity contribution in [3.8, 4) is 5.82 Å². The molecule has 0 aliphatic rings. The van der Waals surface area contributed by atoms with Crippen LogP contribution in [0.1, 0.15) is 32.1 Å². The summed E-state index contributed by atoms with van der Waals surface area (Å²) in [7, 11) is 1.16. The minimum atomic E-state index is -4.81. The van der Waals surface area contributed by atoms with Gasteiger partial charge >= 0.3 is 12.1 Å². The molecule has 0 bridgehead atoms. The van der Waals surface area contributed by atoms with Gasteiger partial charge in [0, 0.05) is 18.0 Å². The van der Waals surface area contributed by atoms with Gasteiger partial charge in [-0.15, -0.1) is 0 Å². The van der Waals surface area contributed by atoms with Crippen molar-refractivity contribution in [2.75, 3.05) is 12.4 Å². The van der Waals surface area contributed by atoms with E-state index in [-0.39, 0.29) is 28.2 Å². The number of methoxy groups -OCH3 is 1. The second-order valence-corrected chi connectivity index (χ2v) is 6.87. The molecule has 3 heterocycles. The standard InChI is InChI=1S/C21H15F3N6O3/c1-11-8-25-6-5-13(11)18(31)29-16-9-27-17(10-26-16)30-15-4-3-12(19(32)33-2)7-14(15)28-20(30)21(22,23)24/h3-10H,1-2H3,(H,26,29,31). The Bertz CT molecular complexity index is 1370. The van der Waals surface area contributed by atoms with Crippen LogP contribution in [0, 0.1) is 6.92 Å². The first-order chi connectivity index (χ1) is 15.7. The molecule has 12 heteroatoms. The van der Waals surface area contributed by atoms with E-state index in [1.54, 1.807) is 6.92 Å². The Morgan fingerprint density at radius 3 is 2.52 bits per heavy atom. The lowest BCUT2D eigenvalue weighted by Crippen LogP contribution is -2.16. The minimum Gasteiger partial charge on any atom is -0.465 e. The number of rotatable bonds is 4. The van der Waals surface area contributed by atoms with Gasteiger partial charge in [0.2, 0.25) is 5.82 Å². The minimum absolute atomic E-state index is 0.0471. The molecule has 9 nitrogen and oxygen atoms in total. The molecule has 1 amide bonds. The van der Waals surface area contributed by atoms with Gasteiger partial charge in [-0.05, 0) is 36.8 Å². The van der Waals surface area contributed by atoms with Crippen molar-refractivity contribution in [3.05, 3.63) is 71.6 Å². The van der Waals surface area contributed by atoms with Crippen molar-refractivity contribution in [2.45, 2.75) is 13.1 Å². The molecule has 4 rings (SSSR count). The number of carbonyl (C=O) groups is 2. The van der Waals surface area contributed by atoms with Crippen LogP contribution >= 0.6 is 0 Å². The van der Waals surface area contributed by atoms with Crippen LogP contribution in [0.5, 0.6) is 0 Å². The maximum Gasteiger partial charge on any atom is 0.450 e. The zero-order valence-electron chi connectivity index (χ0n) is 17.2. The second kappa shape index (κ2) is 8.30. The molecule has 0 saturated heterocycles. The highest BCUT2D eigenvalue weighted by Crippen LogP contribution is 2.33. The van der Waals surface area contributed by atoms with E-state index in [1.807, 2.05) is 0 Å². The summed E-state index contributed by atoms with van der Waals surface area (Å²) < 4.78 is 46.4. The number of aromatic nitrogens is 5. The Kier molecular flexibility index (Phi) is 5.50. The van der Waals surface area contributed by atoms with Crippen LogP contribution in [0.3, 0.4) is 0 Å². The molecule has 168 valence electrons. The van der Waals surface area contributed by atoms with Crippen LogP contribution in [0.2, 0.25) is 0 Å². The molecule has 1 aromatic carbocycles. The maximum atomic E-state index is 13.7. The van der Waals surface area contributed by atoms with Gasteiger partial charge in [-0.25, -0.2) is 19.7 Å². The highest BCUT2D eigenvalue weighted by molar-refractivity contribution is 6.04. The molecule has 4 aromatic rings. The van der Waals surface area contributed by atoms with E-state index >= 15 is 0 Å². The number of hydrogen-bond donors (Lipinski definition) is 1. The van der Waals surface area contributed by atoms with Crippen LogP contribution in [0.4, 0.5) is 19.0 Å². The van der Waals surface area contributed by atoms with E-state index in [4.69, 9.17) is 0 Å². The summed E-state index contributed by atoms with van der Waals surface area (Å²) in [6.45, 7) is 1.71. The summed E-state index contributed by atoms with van der Waals surface area (Å²) in [5, 5.41) is 2.54. The van der Waals surface area contributed by atoms with Crippen molar-refractivity contribution in [1.29, 1.82) is 0 Å². The largest absolute Gasteiger partial charge is 0.465 e. The number of halogens is 3. The number of fused-ring (bicyclic) bond motifs is 1. The third-order valence-corrected chi connectivity index (χ3v) is 4.70. The Morgan fingerprint density at radius 2 is 1.88 bits per heavy atom. The zero-order chi connectivity index (χ0) is 23.8. The molecule has 0 unspecified atom stereocenters. The Balaban J connectivity index is 1.71. The van der Waals surface area contributed by atoms with Gasteiger partial charge in [0.25, 0.3) is 5.91 Å². The Morgan fingerprint density at radius 1 is 1.09 bits per heavy atom. The summed E-state index contributed by atoms with van der Waals surface area (Å²) in [6, 6.07) is 5.37. The topological polar surface area (TPSA) is 112 Å². The van der Waals surface area contributed by atoms with E-state index < -0.39 is 23.9 Å². The Hall–Kier alpha value is -4.35. The molecular weight excluding hydrogens is 441 g/mol. The number of hydrogen-bond acceptors (Lipinski definition) is 7. The fourth-order valence-corrected chi connectivity index (χ4v) is 3.16. The van der Waals surface area contributed by atoms with E-state index in [1.165, 1.54) is 36.7 Å². The van der Waals surface area contributed by atoms with Gasteiger partial charge in [0.1, 0.15) is 0 Å². The number of benzene rings is 1. The van der Waals surface area contributed by atoms with E-state index in [2.05, 4.69) is 30.0 Å². The van der Waals surface area contributed by atoms with Gasteiger partial charge in [-0.2, -0.15) is 13.2 Å². The third-order valence-electron chi connectivity index (χ3n) is 4.70. The normalized spacial score (nSPS) is 11.4. The Labute approximate surface area is 184 Å². The summed E-state index contributed by atoms with van der Waals surface area (Å²) >= 11 is 0. The summed E-state index contributed by atoms with van der Waals surface area (Å²) in [6.07, 6.45) is 0.402. The molecule has 0 fully saturated rings. The number of esters is 1. The number of pyridine rings is 1. The molecule has 0 radical (unpaired) electrons. The maximum absolute atomic E-state index is 13.7. The summed E-state index contributed by atoms with van der Waals surface area (Å²) in [5.41, 5.74) is 1.06. The lowest BCUT2D eigenvalue weighted by Gasteiger charge is -2.11. The lowest BCUT2D eigenvalue weighted by molar-refractivity contribution is -0.145. The van der Waals surface area contributed by atoms with Crippen LogP contribution in [0.25, 0.3) is 16.9 Å². The van der Waals surface area contributed by atoms with Crippen molar-refractivity contribution >= 4 is 28.7 Å². The van der Waals surface area contributed by atoms with Gasteiger partial charge < -0.3 is 10.1 Å². The van der Waals surface area contributed by atoms with E-state index in [0.29, 0.717) is 11.1 Å². The molecule has 3 aromatic heterocycles. The average Bonchev–Trinajstić information content (AvgIpc) is 3.18. The number of aryl methyl sites for hydroxylation is 1. The van der Waals surface area contributed by atoms with E-state index in [9.17, 15) is 22.8 Å². The molecule has 0 atom stereocenters. The first-order valence-electron chi connectivity index (χ1n) is 9.41. The number of alkyl halides is 3. The highest BCUT2D eigenvalue weighted by Gasteiger charge is 2.38. The molecule has 33 heavy (non-hydrogen) atoms. The number of anilines is 1. The van der Waals surface area contributed by atoms with Crippen molar-refractivity contribution in [2.24, 2.45) is 0 Å². The smallest absolute Gasteiger partial charge is 0.450 e. The average molecular weight is 456 g/mol. The molecule has 0 aliphatic carbocycles. The molecule has 0 spiro atoms. The number of carbonyl (C=O) groups excluding carboxylic acids is 2. The van der Waals surface area contributed by atoms with Crippen LogP contribution in [-0.4, -0.2) is 43.5 Å². The number of amides is 1. The van der Waals surface area contributed by atoms with E-state index in [0.717, 1.165) is 24.1 Å². The van der Waals surface area contributed by atoms with Gasteiger partial charge in [0.15, 0.2) is 11.6 Å². The third kappa shape index (κ3) is 4.22.